The van der Waals surface area contributed by atoms with Gasteiger partial charge in [-0.3, -0.25) is 29.2 Å². The Kier molecular flexibility index (Phi) is 5.35. The van der Waals surface area contributed by atoms with E-state index in [1.807, 2.05) is 23.0 Å². The van der Waals surface area contributed by atoms with Crippen molar-refractivity contribution in [3.63, 3.8) is 0 Å². The zero-order chi connectivity index (χ0) is 24.8. The number of hydrogen-bond acceptors (Lipinski definition) is 7. The minimum Gasteiger partial charge on any atom is -0.337 e. The molecule has 2 unspecified atom stereocenters. The maximum absolute atomic E-state index is 13.1. The number of nitrogens with one attached hydrogen (secondary N) is 1. The van der Waals surface area contributed by atoms with Crippen LogP contribution in [0.3, 0.4) is 0 Å². The van der Waals surface area contributed by atoms with Gasteiger partial charge >= 0.3 is 0 Å². The van der Waals surface area contributed by atoms with Gasteiger partial charge in [-0.25, -0.2) is 4.68 Å². The third-order valence-electron chi connectivity index (χ3n) is 7.07. The van der Waals surface area contributed by atoms with Gasteiger partial charge in [-0.2, -0.15) is 5.10 Å². The van der Waals surface area contributed by atoms with E-state index in [9.17, 15) is 19.2 Å². The molecule has 0 radical (unpaired) electrons. The molecular weight excluding hydrogens is 464 g/mol. The SMILES string of the molecule is O=C1CCC(N2Cc3ccc(-n4cc(C(=O)N5CCC(Cn6cccn6)C5)nn4)cc3C2=O)C(=O)N1. The van der Waals surface area contributed by atoms with E-state index in [-0.39, 0.29) is 29.8 Å². The van der Waals surface area contributed by atoms with Gasteiger partial charge in [-0.15, -0.1) is 5.10 Å². The lowest BCUT2D eigenvalue weighted by molar-refractivity contribution is -0.136. The number of likely N-dealkylation sites (tertiary alicyclic amines) is 1. The van der Waals surface area contributed by atoms with Crippen LogP contribution < -0.4 is 5.32 Å². The first-order valence-electron chi connectivity index (χ1n) is 11.9. The smallest absolute Gasteiger partial charge is 0.276 e. The van der Waals surface area contributed by atoms with Crippen molar-refractivity contribution < 1.29 is 19.2 Å². The standard InChI is InChI=1S/C24H24N8O4/c33-21-5-4-20(22(34)26-21)31-13-16-2-3-17(10-18(16)23(31)35)32-14-19(27-28-32)24(36)29-9-6-15(11-29)12-30-8-1-7-25-30/h1-3,7-8,10,14-15,20H,4-6,9,11-13H2,(H,26,33,34). The van der Waals surface area contributed by atoms with Crippen LogP contribution in [-0.2, 0) is 22.7 Å². The molecule has 2 fully saturated rings. The van der Waals surface area contributed by atoms with Gasteiger partial charge in [0.2, 0.25) is 11.8 Å². The summed E-state index contributed by atoms with van der Waals surface area (Å²) in [5, 5.41) is 14.7. The summed E-state index contributed by atoms with van der Waals surface area (Å²) in [7, 11) is 0. The van der Waals surface area contributed by atoms with E-state index in [0.717, 1.165) is 18.5 Å². The molecule has 0 saturated carbocycles. The summed E-state index contributed by atoms with van der Waals surface area (Å²) in [6.45, 7) is 2.36. The molecule has 1 N–H and O–H groups in total. The van der Waals surface area contributed by atoms with Gasteiger partial charge in [-0.05, 0) is 42.5 Å². The van der Waals surface area contributed by atoms with Crippen molar-refractivity contribution in [2.24, 2.45) is 5.92 Å². The number of carbonyl (C=O) groups is 4. The van der Waals surface area contributed by atoms with Crippen LogP contribution in [0.4, 0.5) is 0 Å². The number of fused-ring (bicyclic) bond motifs is 1. The number of rotatable bonds is 5. The minimum atomic E-state index is -0.667. The Labute approximate surface area is 205 Å². The molecular formula is C24H24N8O4. The van der Waals surface area contributed by atoms with E-state index in [0.29, 0.717) is 43.2 Å². The Morgan fingerprint density at radius 1 is 1.17 bits per heavy atom. The van der Waals surface area contributed by atoms with E-state index < -0.39 is 11.9 Å². The van der Waals surface area contributed by atoms with Gasteiger partial charge < -0.3 is 9.80 Å². The third-order valence-corrected chi connectivity index (χ3v) is 7.07. The number of imide groups is 1. The van der Waals surface area contributed by atoms with Crippen LogP contribution in [0.2, 0.25) is 0 Å². The fourth-order valence-corrected chi connectivity index (χ4v) is 5.17. The summed E-state index contributed by atoms with van der Waals surface area (Å²) >= 11 is 0. The lowest BCUT2D eigenvalue weighted by Gasteiger charge is -2.29. The molecule has 2 aromatic heterocycles. The number of hydrogen-bond donors (Lipinski definition) is 1. The number of benzene rings is 1. The molecule has 5 heterocycles. The van der Waals surface area contributed by atoms with Gasteiger partial charge in [0, 0.05) is 50.6 Å². The van der Waals surface area contributed by atoms with Crippen LogP contribution in [0.5, 0.6) is 0 Å². The quantitative estimate of drug-likeness (QED) is 0.513. The van der Waals surface area contributed by atoms with Gasteiger partial charge in [0.05, 0.1) is 11.9 Å². The summed E-state index contributed by atoms with van der Waals surface area (Å²) in [4.78, 5) is 53.1. The highest BCUT2D eigenvalue weighted by molar-refractivity contribution is 6.05. The minimum absolute atomic E-state index is 0.175. The lowest BCUT2D eigenvalue weighted by atomic mass is 10.0. The van der Waals surface area contributed by atoms with E-state index in [1.54, 1.807) is 29.4 Å². The first kappa shape index (κ1) is 22.1. The van der Waals surface area contributed by atoms with Crippen molar-refractivity contribution in [3.8, 4) is 5.69 Å². The number of aromatic nitrogens is 5. The van der Waals surface area contributed by atoms with Crippen molar-refractivity contribution in [3.05, 3.63) is 59.7 Å². The van der Waals surface area contributed by atoms with Gasteiger partial charge in [0.15, 0.2) is 5.69 Å². The van der Waals surface area contributed by atoms with Crippen LogP contribution in [0.1, 0.15) is 45.7 Å². The van der Waals surface area contributed by atoms with Crippen LogP contribution >= 0.6 is 0 Å². The van der Waals surface area contributed by atoms with E-state index in [1.165, 1.54) is 9.58 Å². The highest BCUT2D eigenvalue weighted by atomic mass is 16.2. The monoisotopic (exact) mass is 488 g/mol. The zero-order valence-electron chi connectivity index (χ0n) is 19.4. The highest BCUT2D eigenvalue weighted by Crippen LogP contribution is 2.29. The molecule has 3 aliphatic rings. The Balaban J connectivity index is 1.14. The Morgan fingerprint density at radius 3 is 2.86 bits per heavy atom. The lowest BCUT2D eigenvalue weighted by Crippen LogP contribution is -2.52. The Hall–Kier alpha value is -4.35. The summed E-state index contributed by atoms with van der Waals surface area (Å²) in [6.07, 6.45) is 6.65. The Bertz CT molecular complexity index is 1360. The first-order valence-corrected chi connectivity index (χ1v) is 11.9. The molecule has 2 saturated heterocycles. The molecule has 0 spiro atoms. The molecule has 1 aromatic carbocycles. The molecule has 4 amide bonds. The Morgan fingerprint density at radius 2 is 2.06 bits per heavy atom. The summed E-state index contributed by atoms with van der Waals surface area (Å²) in [6, 6.07) is 6.54. The second kappa shape index (κ2) is 8.70. The molecule has 0 aliphatic carbocycles. The van der Waals surface area contributed by atoms with Crippen LogP contribution in [0.15, 0.2) is 42.9 Å². The van der Waals surface area contributed by atoms with Gasteiger partial charge in [-0.1, -0.05) is 11.3 Å². The van der Waals surface area contributed by atoms with Gasteiger partial charge in [0.25, 0.3) is 11.8 Å². The van der Waals surface area contributed by atoms with Crippen molar-refractivity contribution in [1.29, 1.82) is 0 Å². The first-order chi connectivity index (χ1) is 17.5. The molecule has 6 rings (SSSR count). The van der Waals surface area contributed by atoms with Crippen LogP contribution in [0.25, 0.3) is 5.69 Å². The fraction of sp³-hybridized carbons (Fsp3) is 0.375. The molecule has 36 heavy (non-hydrogen) atoms. The summed E-state index contributed by atoms with van der Waals surface area (Å²) < 4.78 is 3.36. The summed E-state index contributed by atoms with van der Waals surface area (Å²) in [5.74, 6) is -0.870. The third kappa shape index (κ3) is 3.93. The van der Waals surface area contributed by atoms with Crippen molar-refractivity contribution >= 4 is 23.6 Å². The van der Waals surface area contributed by atoms with E-state index in [4.69, 9.17) is 0 Å². The number of carbonyl (C=O) groups excluding carboxylic acids is 4. The largest absolute Gasteiger partial charge is 0.337 e. The molecule has 184 valence electrons. The van der Waals surface area contributed by atoms with Crippen LogP contribution in [-0.4, -0.2) is 77.3 Å². The molecule has 0 bridgehead atoms. The predicted molar refractivity (Wildman–Crippen MR) is 124 cm³/mol. The number of nitrogens with zero attached hydrogens (tertiary/aromatic N) is 7. The molecule has 12 heteroatoms. The van der Waals surface area contributed by atoms with Crippen molar-refractivity contribution in [2.45, 2.75) is 38.4 Å². The van der Waals surface area contributed by atoms with Crippen LogP contribution in [0, 0.1) is 5.92 Å². The highest BCUT2D eigenvalue weighted by Gasteiger charge is 2.39. The van der Waals surface area contributed by atoms with E-state index >= 15 is 0 Å². The van der Waals surface area contributed by atoms with E-state index in [2.05, 4.69) is 20.7 Å². The summed E-state index contributed by atoms with van der Waals surface area (Å²) in [5.41, 5.74) is 2.11. The number of piperidine rings is 1. The normalized spacial score (nSPS) is 21.7. The maximum atomic E-state index is 13.1. The average Bonchev–Trinajstić information content (AvgIpc) is 3.67. The fourth-order valence-electron chi connectivity index (χ4n) is 5.17. The van der Waals surface area contributed by atoms with Crippen molar-refractivity contribution in [1.82, 2.24) is 39.9 Å². The molecule has 12 nitrogen and oxygen atoms in total. The molecule has 3 aliphatic heterocycles. The number of amides is 4. The van der Waals surface area contributed by atoms with Gasteiger partial charge in [0.1, 0.15) is 6.04 Å². The average molecular weight is 489 g/mol. The molecule has 3 aromatic rings. The predicted octanol–water partition coefficient (Wildman–Crippen LogP) is 0.387. The molecule has 2 atom stereocenters. The zero-order valence-corrected chi connectivity index (χ0v) is 19.4. The second-order valence-electron chi connectivity index (χ2n) is 9.42. The topological polar surface area (TPSA) is 135 Å². The maximum Gasteiger partial charge on any atom is 0.276 e. The second-order valence-corrected chi connectivity index (χ2v) is 9.42. The van der Waals surface area contributed by atoms with Crippen molar-refractivity contribution in [2.75, 3.05) is 13.1 Å².